The van der Waals surface area contributed by atoms with Gasteiger partial charge in [-0.2, -0.15) is 0 Å². The third-order valence-electron chi connectivity index (χ3n) is 1.77. The molecule has 0 aromatic rings. The Balaban J connectivity index is 2.53. The van der Waals surface area contributed by atoms with Crippen molar-refractivity contribution in [3.05, 3.63) is 11.6 Å². The number of halogens is 1. The summed E-state index contributed by atoms with van der Waals surface area (Å²) in [5.41, 5.74) is 0.946. The quantitative estimate of drug-likeness (QED) is 0.564. The summed E-state index contributed by atoms with van der Waals surface area (Å²) in [5, 5.41) is 0. The van der Waals surface area contributed by atoms with E-state index >= 15 is 0 Å². The van der Waals surface area contributed by atoms with Gasteiger partial charge in [-0.3, -0.25) is 4.79 Å². The maximum Gasteiger partial charge on any atom is 0.173 e. The van der Waals surface area contributed by atoms with Crippen molar-refractivity contribution in [3.8, 4) is 0 Å². The fraction of sp³-hybridized carbons (Fsp3) is 0.625. The highest BCUT2D eigenvalue weighted by molar-refractivity contribution is 6.30. The largest absolute Gasteiger partial charge is 0.293 e. The first-order valence-corrected chi connectivity index (χ1v) is 4.16. The summed E-state index contributed by atoms with van der Waals surface area (Å²) >= 11 is 5.39. The molecule has 0 saturated heterocycles. The molecule has 56 valence electrons. The molecule has 0 saturated carbocycles. The Morgan fingerprint density at radius 1 is 1.60 bits per heavy atom. The van der Waals surface area contributed by atoms with E-state index in [-0.39, 0.29) is 11.7 Å². The van der Waals surface area contributed by atoms with Crippen LogP contribution in [0, 0.1) is 0 Å². The first kappa shape index (κ1) is 7.80. The van der Waals surface area contributed by atoms with E-state index in [9.17, 15) is 4.79 Å². The lowest BCUT2D eigenvalue weighted by molar-refractivity contribution is -0.113. The topological polar surface area (TPSA) is 17.1 Å². The number of hydrogen-bond donors (Lipinski definition) is 0. The molecule has 0 spiro atoms. The lowest BCUT2D eigenvalue weighted by Crippen LogP contribution is -2.06. The molecule has 0 aromatic carbocycles. The van der Waals surface area contributed by atoms with Crippen LogP contribution in [-0.4, -0.2) is 11.7 Å². The van der Waals surface area contributed by atoms with E-state index in [2.05, 4.69) is 0 Å². The zero-order valence-electron chi connectivity index (χ0n) is 5.90. The molecule has 0 aromatic heterocycles. The second-order valence-electron chi connectivity index (χ2n) is 2.53. The van der Waals surface area contributed by atoms with Crippen LogP contribution in [0.1, 0.15) is 25.7 Å². The Hall–Kier alpha value is -0.300. The van der Waals surface area contributed by atoms with Gasteiger partial charge in [-0.15, -0.1) is 11.6 Å². The highest BCUT2D eigenvalue weighted by Gasteiger charge is 2.09. The van der Waals surface area contributed by atoms with Crippen LogP contribution < -0.4 is 0 Å². The normalized spacial score (nSPS) is 18.3. The average Bonchev–Trinajstić information content (AvgIpc) is 2.05. The molecule has 0 unspecified atom stereocenters. The molecule has 1 aliphatic rings. The Morgan fingerprint density at radius 3 is 2.90 bits per heavy atom. The Morgan fingerprint density at radius 2 is 2.40 bits per heavy atom. The number of allylic oxidation sites excluding steroid dienone is 2. The SMILES string of the molecule is O=C(CCl)C1=CCCCC1. The van der Waals surface area contributed by atoms with Gasteiger partial charge in [0.15, 0.2) is 5.78 Å². The van der Waals surface area contributed by atoms with E-state index in [4.69, 9.17) is 11.6 Å². The second-order valence-corrected chi connectivity index (χ2v) is 2.80. The highest BCUT2D eigenvalue weighted by atomic mass is 35.5. The maximum atomic E-state index is 11.0. The molecule has 0 heterocycles. The molecule has 0 amide bonds. The number of alkyl halides is 1. The number of ketones is 1. The minimum Gasteiger partial charge on any atom is -0.293 e. The molecule has 1 nitrogen and oxygen atoms in total. The molecule has 1 aliphatic carbocycles. The summed E-state index contributed by atoms with van der Waals surface area (Å²) in [5.74, 6) is 0.257. The van der Waals surface area contributed by atoms with E-state index < -0.39 is 0 Å². The fourth-order valence-electron chi connectivity index (χ4n) is 1.18. The van der Waals surface area contributed by atoms with Crippen LogP contribution in [0.4, 0.5) is 0 Å². The first-order valence-electron chi connectivity index (χ1n) is 3.63. The van der Waals surface area contributed by atoms with Crippen molar-refractivity contribution in [1.82, 2.24) is 0 Å². The van der Waals surface area contributed by atoms with Gasteiger partial charge in [-0.1, -0.05) is 6.08 Å². The van der Waals surface area contributed by atoms with Crippen LogP contribution in [0.3, 0.4) is 0 Å². The van der Waals surface area contributed by atoms with Gasteiger partial charge in [0.05, 0.1) is 5.88 Å². The van der Waals surface area contributed by atoms with Gasteiger partial charge in [0.25, 0.3) is 0 Å². The van der Waals surface area contributed by atoms with Gasteiger partial charge in [0, 0.05) is 0 Å². The molecule has 0 aliphatic heterocycles. The summed E-state index contributed by atoms with van der Waals surface area (Å²) in [6.45, 7) is 0. The second kappa shape index (κ2) is 3.77. The number of carbonyl (C=O) groups is 1. The molecule has 0 atom stereocenters. The minimum absolute atomic E-state index is 0.112. The summed E-state index contributed by atoms with van der Waals surface area (Å²) in [4.78, 5) is 11.0. The van der Waals surface area contributed by atoms with Crippen molar-refractivity contribution >= 4 is 17.4 Å². The van der Waals surface area contributed by atoms with Crippen LogP contribution in [-0.2, 0) is 4.79 Å². The molecular formula is C8H11ClO. The number of carbonyl (C=O) groups excluding carboxylic acids is 1. The lowest BCUT2D eigenvalue weighted by atomic mass is 9.97. The van der Waals surface area contributed by atoms with Gasteiger partial charge < -0.3 is 0 Å². The predicted molar refractivity (Wildman–Crippen MR) is 42.3 cm³/mol. The number of rotatable bonds is 2. The molecule has 10 heavy (non-hydrogen) atoms. The van der Waals surface area contributed by atoms with Gasteiger partial charge in [0.2, 0.25) is 0 Å². The van der Waals surface area contributed by atoms with Crippen molar-refractivity contribution < 1.29 is 4.79 Å². The van der Waals surface area contributed by atoms with Crippen molar-refractivity contribution in [2.45, 2.75) is 25.7 Å². The van der Waals surface area contributed by atoms with Crippen LogP contribution in [0.2, 0.25) is 0 Å². The monoisotopic (exact) mass is 158 g/mol. The smallest absolute Gasteiger partial charge is 0.173 e. The van der Waals surface area contributed by atoms with Gasteiger partial charge in [0.1, 0.15) is 0 Å². The zero-order chi connectivity index (χ0) is 7.40. The molecule has 0 fully saturated rings. The molecular weight excluding hydrogens is 148 g/mol. The third-order valence-corrected chi connectivity index (χ3v) is 2.01. The van der Waals surface area contributed by atoms with E-state index in [0.717, 1.165) is 24.8 Å². The first-order chi connectivity index (χ1) is 4.84. The van der Waals surface area contributed by atoms with Crippen molar-refractivity contribution in [2.24, 2.45) is 0 Å². The molecule has 2 heteroatoms. The number of Topliss-reactive ketones (excluding diaryl/α,β-unsaturated/α-hetero) is 1. The van der Waals surface area contributed by atoms with Crippen LogP contribution in [0.5, 0.6) is 0 Å². The molecule has 0 radical (unpaired) electrons. The lowest BCUT2D eigenvalue weighted by Gasteiger charge is -2.08. The van der Waals surface area contributed by atoms with Crippen LogP contribution >= 0.6 is 11.6 Å². The van der Waals surface area contributed by atoms with E-state index in [1.54, 1.807) is 0 Å². The fourth-order valence-corrected chi connectivity index (χ4v) is 1.35. The predicted octanol–water partition coefficient (Wildman–Crippen LogP) is 2.29. The Bertz CT molecular complexity index is 161. The Labute approximate surface area is 66.1 Å². The van der Waals surface area contributed by atoms with E-state index in [1.165, 1.54) is 6.42 Å². The van der Waals surface area contributed by atoms with Gasteiger partial charge >= 0.3 is 0 Å². The standard InChI is InChI=1S/C8H11ClO/c9-6-8(10)7-4-2-1-3-5-7/h4H,1-3,5-6H2. The van der Waals surface area contributed by atoms with Gasteiger partial charge in [-0.05, 0) is 31.3 Å². The number of hydrogen-bond acceptors (Lipinski definition) is 1. The summed E-state index contributed by atoms with van der Waals surface area (Å²) in [6.07, 6.45) is 6.38. The maximum absolute atomic E-state index is 11.0. The van der Waals surface area contributed by atoms with Gasteiger partial charge in [-0.25, -0.2) is 0 Å². The summed E-state index contributed by atoms with van der Waals surface area (Å²) in [7, 11) is 0. The van der Waals surface area contributed by atoms with E-state index in [1.807, 2.05) is 6.08 Å². The third kappa shape index (κ3) is 1.84. The summed E-state index contributed by atoms with van der Waals surface area (Å²) < 4.78 is 0. The van der Waals surface area contributed by atoms with Crippen molar-refractivity contribution in [1.29, 1.82) is 0 Å². The average molecular weight is 159 g/mol. The highest BCUT2D eigenvalue weighted by Crippen LogP contribution is 2.17. The zero-order valence-corrected chi connectivity index (χ0v) is 6.66. The van der Waals surface area contributed by atoms with Crippen LogP contribution in [0.15, 0.2) is 11.6 Å². The minimum atomic E-state index is 0.112. The molecule has 1 rings (SSSR count). The van der Waals surface area contributed by atoms with Crippen molar-refractivity contribution in [3.63, 3.8) is 0 Å². The van der Waals surface area contributed by atoms with Crippen LogP contribution in [0.25, 0.3) is 0 Å². The molecule has 0 N–H and O–H groups in total. The van der Waals surface area contributed by atoms with E-state index in [0.29, 0.717) is 0 Å². The molecule has 0 bridgehead atoms. The summed E-state index contributed by atoms with van der Waals surface area (Å²) in [6, 6.07) is 0. The Kier molecular flexibility index (Phi) is 2.94. The van der Waals surface area contributed by atoms with Crippen molar-refractivity contribution in [2.75, 3.05) is 5.88 Å².